The highest BCUT2D eigenvalue weighted by molar-refractivity contribution is 6.01. The van der Waals surface area contributed by atoms with Gasteiger partial charge in [0.1, 0.15) is 6.04 Å². The molecule has 2 amide bonds. The number of benzene rings is 1. The molecular weight excluding hydrogens is 272 g/mol. The average molecular weight is 288 g/mol. The Labute approximate surface area is 121 Å². The van der Waals surface area contributed by atoms with Crippen LogP contribution in [0.15, 0.2) is 24.3 Å². The molecule has 0 bridgehead atoms. The van der Waals surface area contributed by atoms with Crippen LogP contribution in [-0.4, -0.2) is 40.4 Å². The van der Waals surface area contributed by atoms with E-state index in [1.165, 1.54) is 4.90 Å². The molecule has 0 aromatic heterocycles. The fourth-order valence-corrected chi connectivity index (χ4v) is 3.12. The van der Waals surface area contributed by atoms with Gasteiger partial charge in [0.15, 0.2) is 0 Å². The summed E-state index contributed by atoms with van der Waals surface area (Å²) >= 11 is 0. The van der Waals surface area contributed by atoms with Crippen molar-refractivity contribution >= 4 is 23.5 Å². The summed E-state index contributed by atoms with van der Waals surface area (Å²) in [6.07, 6.45) is 1.23. The van der Waals surface area contributed by atoms with Gasteiger partial charge in [-0.15, -0.1) is 0 Å². The molecule has 3 rings (SSSR count). The number of carboxylic acids is 1. The monoisotopic (exact) mass is 288 g/mol. The maximum atomic E-state index is 12.7. The predicted octanol–water partition coefficient (Wildman–Crippen LogP) is 1.19. The van der Waals surface area contributed by atoms with Crippen LogP contribution in [0.1, 0.15) is 30.7 Å². The number of nitrogens with zero attached hydrogens (tertiary/aromatic N) is 1. The summed E-state index contributed by atoms with van der Waals surface area (Å²) in [6, 6.07) is 6.40. The summed E-state index contributed by atoms with van der Waals surface area (Å²) in [5.74, 6) is -2.04. The highest BCUT2D eigenvalue weighted by Crippen LogP contribution is 2.35. The van der Waals surface area contributed by atoms with E-state index >= 15 is 0 Å². The Morgan fingerprint density at radius 1 is 1.29 bits per heavy atom. The van der Waals surface area contributed by atoms with E-state index in [4.69, 9.17) is 0 Å². The zero-order chi connectivity index (χ0) is 15.0. The molecule has 21 heavy (non-hydrogen) atoms. The van der Waals surface area contributed by atoms with Crippen LogP contribution in [0.3, 0.4) is 0 Å². The molecule has 2 atom stereocenters. The van der Waals surface area contributed by atoms with Crippen LogP contribution in [0.4, 0.5) is 5.69 Å². The van der Waals surface area contributed by atoms with Gasteiger partial charge in [-0.1, -0.05) is 18.2 Å². The number of amides is 2. The van der Waals surface area contributed by atoms with Crippen LogP contribution in [0.25, 0.3) is 0 Å². The van der Waals surface area contributed by atoms with E-state index in [1.807, 2.05) is 12.1 Å². The highest BCUT2D eigenvalue weighted by atomic mass is 16.4. The van der Waals surface area contributed by atoms with E-state index in [0.717, 1.165) is 5.56 Å². The first kappa shape index (κ1) is 13.6. The van der Waals surface area contributed by atoms with Gasteiger partial charge in [-0.3, -0.25) is 9.59 Å². The Bertz CT molecular complexity index is 613. The van der Waals surface area contributed by atoms with Gasteiger partial charge in [0.05, 0.1) is 5.92 Å². The topological polar surface area (TPSA) is 86.7 Å². The molecule has 1 fully saturated rings. The summed E-state index contributed by atoms with van der Waals surface area (Å²) in [5.41, 5.74) is 1.40. The number of carboxylic acid groups (broad SMARTS) is 1. The SMILES string of the molecule is O=C1CC(C(=O)N2CCC[C@@H]2C(=O)O)c2ccccc2N1. The van der Waals surface area contributed by atoms with Gasteiger partial charge in [-0.2, -0.15) is 0 Å². The molecule has 0 aliphatic carbocycles. The lowest BCUT2D eigenvalue weighted by Crippen LogP contribution is -2.44. The predicted molar refractivity (Wildman–Crippen MR) is 74.8 cm³/mol. The average Bonchev–Trinajstić information content (AvgIpc) is 2.95. The van der Waals surface area contributed by atoms with Gasteiger partial charge in [0.25, 0.3) is 0 Å². The van der Waals surface area contributed by atoms with Gasteiger partial charge in [-0.05, 0) is 24.5 Å². The fourth-order valence-electron chi connectivity index (χ4n) is 3.12. The van der Waals surface area contributed by atoms with Gasteiger partial charge in [-0.25, -0.2) is 4.79 Å². The standard InChI is InChI=1S/C15H16N2O4/c18-13-8-10(9-4-1-2-5-11(9)16-13)14(19)17-7-3-6-12(17)15(20)21/h1-2,4-5,10,12H,3,6-8H2,(H,16,18)(H,20,21)/t10?,12-/m1/s1. The maximum Gasteiger partial charge on any atom is 0.326 e. The first-order valence-corrected chi connectivity index (χ1v) is 7.00. The second-order valence-electron chi connectivity index (χ2n) is 5.42. The molecule has 1 unspecified atom stereocenters. The molecule has 0 radical (unpaired) electrons. The first-order chi connectivity index (χ1) is 10.1. The molecular formula is C15H16N2O4. The van der Waals surface area contributed by atoms with Crippen molar-refractivity contribution in [1.29, 1.82) is 0 Å². The van der Waals surface area contributed by atoms with Crippen LogP contribution in [-0.2, 0) is 14.4 Å². The Hall–Kier alpha value is -2.37. The van der Waals surface area contributed by atoms with Gasteiger partial charge >= 0.3 is 5.97 Å². The number of fused-ring (bicyclic) bond motifs is 1. The van der Waals surface area contributed by atoms with Crippen LogP contribution in [0, 0.1) is 0 Å². The first-order valence-electron chi connectivity index (χ1n) is 7.00. The Kier molecular flexibility index (Phi) is 3.37. The van der Waals surface area contributed by atoms with E-state index in [0.29, 0.717) is 25.1 Å². The minimum absolute atomic E-state index is 0.0681. The number of carbonyl (C=O) groups is 3. The van der Waals surface area contributed by atoms with E-state index in [1.54, 1.807) is 12.1 Å². The van der Waals surface area contributed by atoms with E-state index < -0.39 is 17.9 Å². The minimum Gasteiger partial charge on any atom is -0.480 e. The molecule has 6 nitrogen and oxygen atoms in total. The van der Waals surface area contributed by atoms with Crippen LogP contribution in [0.5, 0.6) is 0 Å². The molecule has 0 saturated carbocycles. The van der Waals surface area contributed by atoms with Crippen molar-refractivity contribution in [3.05, 3.63) is 29.8 Å². The molecule has 2 heterocycles. The smallest absolute Gasteiger partial charge is 0.326 e. The lowest BCUT2D eigenvalue weighted by Gasteiger charge is -2.30. The largest absolute Gasteiger partial charge is 0.480 e. The molecule has 1 saturated heterocycles. The second kappa shape index (κ2) is 5.20. The lowest BCUT2D eigenvalue weighted by atomic mass is 9.89. The number of rotatable bonds is 2. The summed E-state index contributed by atoms with van der Waals surface area (Å²) in [4.78, 5) is 37.1. The number of carbonyl (C=O) groups excluding carboxylic acids is 2. The van der Waals surface area contributed by atoms with Gasteiger partial charge in [0.2, 0.25) is 11.8 Å². The minimum atomic E-state index is -0.977. The van der Waals surface area contributed by atoms with Crippen molar-refractivity contribution in [3.8, 4) is 0 Å². The Balaban J connectivity index is 1.91. The zero-order valence-electron chi connectivity index (χ0n) is 11.4. The number of hydrogen-bond acceptors (Lipinski definition) is 3. The zero-order valence-corrected chi connectivity index (χ0v) is 11.4. The quantitative estimate of drug-likeness (QED) is 0.855. The molecule has 1 aromatic carbocycles. The molecule has 2 aliphatic heterocycles. The van der Waals surface area contributed by atoms with Gasteiger partial charge in [0, 0.05) is 18.7 Å². The van der Waals surface area contributed by atoms with Crippen molar-refractivity contribution in [3.63, 3.8) is 0 Å². The summed E-state index contributed by atoms with van der Waals surface area (Å²) in [6.45, 7) is 0.441. The molecule has 6 heteroatoms. The number of aliphatic carboxylic acids is 1. The summed E-state index contributed by atoms with van der Waals surface area (Å²) in [7, 11) is 0. The van der Waals surface area contributed by atoms with Crippen LogP contribution < -0.4 is 5.32 Å². The third kappa shape index (κ3) is 2.37. The van der Waals surface area contributed by atoms with Crippen molar-refractivity contribution in [1.82, 2.24) is 4.90 Å². The van der Waals surface area contributed by atoms with Crippen molar-refractivity contribution in [2.45, 2.75) is 31.2 Å². The number of nitrogens with one attached hydrogen (secondary N) is 1. The number of hydrogen-bond donors (Lipinski definition) is 2. The Morgan fingerprint density at radius 2 is 2.05 bits per heavy atom. The molecule has 0 spiro atoms. The number of para-hydroxylation sites is 1. The van der Waals surface area contributed by atoms with E-state index in [-0.39, 0.29) is 18.2 Å². The molecule has 1 aromatic rings. The fraction of sp³-hybridized carbons (Fsp3) is 0.400. The highest BCUT2D eigenvalue weighted by Gasteiger charge is 2.40. The van der Waals surface area contributed by atoms with Crippen molar-refractivity contribution in [2.75, 3.05) is 11.9 Å². The van der Waals surface area contributed by atoms with Crippen LogP contribution >= 0.6 is 0 Å². The molecule has 2 aliphatic rings. The Morgan fingerprint density at radius 3 is 2.81 bits per heavy atom. The lowest BCUT2D eigenvalue weighted by molar-refractivity contribution is -0.149. The summed E-state index contributed by atoms with van der Waals surface area (Å²) < 4.78 is 0. The van der Waals surface area contributed by atoms with Gasteiger partial charge < -0.3 is 15.3 Å². The number of anilines is 1. The normalized spacial score (nSPS) is 24.4. The van der Waals surface area contributed by atoms with E-state index in [9.17, 15) is 19.5 Å². The second-order valence-corrected chi connectivity index (χ2v) is 5.42. The third-order valence-electron chi connectivity index (χ3n) is 4.12. The number of likely N-dealkylation sites (tertiary alicyclic amines) is 1. The van der Waals surface area contributed by atoms with E-state index in [2.05, 4.69) is 5.32 Å². The molecule has 110 valence electrons. The third-order valence-corrected chi connectivity index (χ3v) is 4.12. The molecule has 2 N–H and O–H groups in total. The summed E-state index contributed by atoms with van der Waals surface area (Å²) in [5, 5.41) is 11.9. The van der Waals surface area contributed by atoms with Crippen LogP contribution in [0.2, 0.25) is 0 Å². The van der Waals surface area contributed by atoms with Crippen molar-refractivity contribution < 1.29 is 19.5 Å². The maximum absolute atomic E-state index is 12.7. The van der Waals surface area contributed by atoms with Crippen molar-refractivity contribution in [2.24, 2.45) is 0 Å².